The minimum Gasteiger partial charge on any atom is -0.379 e. The third-order valence-electron chi connectivity index (χ3n) is 3.61. The van der Waals surface area contributed by atoms with Crippen LogP contribution >= 0.6 is 0 Å². The lowest BCUT2D eigenvalue weighted by Gasteiger charge is -2.26. The first-order chi connectivity index (χ1) is 11.6. The number of nitrogens with one attached hydrogen (secondary N) is 1. The van der Waals surface area contributed by atoms with Gasteiger partial charge in [-0.05, 0) is 18.2 Å². The minimum atomic E-state index is -3.58. The topological polar surface area (TPSA) is 93.5 Å². The standard InChI is InChI=1S/C15H18N4O4S/c20-15(11-18-5-4-16-12-18)17-13-2-1-3-14(10-13)24(21,22)19-6-8-23-9-7-19/h1-5,10,12H,6-9,11H2,(H,17,20). The zero-order chi connectivity index (χ0) is 17.0. The molecule has 0 aliphatic carbocycles. The molecule has 9 heteroatoms. The SMILES string of the molecule is O=C(Cn1ccnc1)Nc1cccc(S(=O)(=O)N2CCOCC2)c1. The van der Waals surface area contributed by atoms with Crippen LogP contribution in [0.5, 0.6) is 0 Å². The number of carbonyl (C=O) groups excluding carboxylic acids is 1. The molecule has 0 radical (unpaired) electrons. The van der Waals surface area contributed by atoms with Gasteiger partial charge in [0.15, 0.2) is 0 Å². The van der Waals surface area contributed by atoms with E-state index in [2.05, 4.69) is 10.3 Å². The highest BCUT2D eigenvalue weighted by Gasteiger charge is 2.26. The van der Waals surface area contributed by atoms with Crippen LogP contribution in [0.2, 0.25) is 0 Å². The van der Waals surface area contributed by atoms with Crippen LogP contribution in [0.3, 0.4) is 0 Å². The second-order valence-corrected chi connectivity index (χ2v) is 7.27. The molecule has 1 aromatic heterocycles. The number of hydrogen-bond donors (Lipinski definition) is 1. The Kier molecular flexibility index (Phi) is 4.93. The first kappa shape index (κ1) is 16.6. The first-order valence-corrected chi connectivity index (χ1v) is 8.93. The molecule has 0 spiro atoms. The molecular weight excluding hydrogens is 332 g/mol. The minimum absolute atomic E-state index is 0.112. The molecule has 1 aromatic carbocycles. The second kappa shape index (κ2) is 7.12. The van der Waals surface area contributed by atoms with Crippen molar-refractivity contribution in [3.63, 3.8) is 0 Å². The lowest BCUT2D eigenvalue weighted by atomic mass is 10.3. The lowest BCUT2D eigenvalue weighted by Crippen LogP contribution is -2.40. The second-order valence-electron chi connectivity index (χ2n) is 5.33. The van der Waals surface area contributed by atoms with Gasteiger partial charge in [0.05, 0.1) is 24.4 Å². The van der Waals surface area contributed by atoms with E-state index in [1.54, 1.807) is 35.4 Å². The summed E-state index contributed by atoms with van der Waals surface area (Å²) in [6.45, 7) is 1.56. The molecule has 1 fully saturated rings. The van der Waals surface area contributed by atoms with E-state index in [4.69, 9.17) is 4.74 Å². The van der Waals surface area contributed by atoms with E-state index >= 15 is 0 Å². The number of amides is 1. The highest BCUT2D eigenvalue weighted by atomic mass is 32.2. The van der Waals surface area contributed by atoms with Gasteiger partial charge in [-0.1, -0.05) is 6.07 Å². The Balaban J connectivity index is 1.72. The fraction of sp³-hybridized carbons (Fsp3) is 0.333. The van der Waals surface area contributed by atoms with Crippen LogP contribution in [0.25, 0.3) is 0 Å². The average Bonchev–Trinajstić information content (AvgIpc) is 3.08. The Morgan fingerprint density at radius 2 is 2.08 bits per heavy atom. The van der Waals surface area contributed by atoms with Crippen LogP contribution in [0.1, 0.15) is 0 Å². The van der Waals surface area contributed by atoms with E-state index in [0.29, 0.717) is 32.0 Å². The van der Waals surface area contributed by atoms with Crippen molar-refractivity contribution in [1.29, 1.82) is 0 Å². The summed E-state index contributed by atoms with van der Waals surface area (Å²) in [5, 5.41) is 2.70. The molecule has 8 nitrogen and oxygen atoms in total. The molecule has 1 amide bonds. The van der Waals surface area contributed by atoms with Crippen molar-refractivity contribution in [2.24, 2.45) is 0 Å². The molecule has 24 heavy (non-hydrogen) atoms. The molecule has 0 saturated carbocycles. The molecule has 3 rings (SSSR count). The smallest absolute Gasteiger partial charge is 0.244 e. The number of anilines is 1. The van der Waals surface area contributed by atoms with E-state index in [0.717, 1.165) is 0 Å². The summed E-state index contributed by atoms with van der Waals surface area (Å²) in [5.41, 5.74) is 0.439. The zero-order valence-corrected chi connectivity index (χ0v) is 13.8. The van der Waals surface area contributed by atoms with Crippen molar-refractivity contribution in [3.05, 3.63) is 43.0 Å². The largest absolute Gasteiger partial charge is 0.379 e. The molecule has 2 heterocycles. The van der Waals surface area contributed by atoms with Gasteiger partial charge in [0.1, 0.15) is 6.54 Å². The summed E-state index contributed by atoms with van der Waals surface area (Å²) in [7, 11) is -3.58. The highest BCUT2D eigenvalue weighted by Crippen LogP contribution is 2.20. The van der Waals surface area contributed by atoms with Crippen LogP contribution in [0, 0.1) is 0 Å². The summed E-state index contributed by atoms with van der Waals surface area (Å²) in [6.07, 6.45) is 4.81. The van der Waals surface area contributed by atoms with Crippen LogP contribution in [-0.2, 0) is 26.1 Å². The first-order valence-electron chi connectivity index (χ1n) is 7.49. The molecule has 1 saturated heterocycles. The van der Waals surface area contributed by atoms with E-state index in [9.17, 15) is 13.2 Å². The number of nitrogens with zero attached hydrogens (tertiary/aromatic N) is 3. The van der Waals surface area contributed by atoms with Gasteiger partial charge in [0.2, 0.25) is 15.9 Å². The van der Waals surface area contributed by atoms with Crippen molar-refractivity contribution >= 4 is 21.6 Å². The Morgan fingerprint density at radius 3 is 2.79 bits per heavy atom. The van der Waals surface area contributed by atoms with Gasteiger partial charge in [-0.15, -0.1) is 0 Å². The van der Waals surface area contributed by atoms with Crippen molar-refractivity contribution < 1.29 is 17.9 Å². The maximum atomic E-state index is 12.6. The average molecular weight is 350 g/mol. The maximum absolute atomic E-state index is 12.6. The molecule has 1 aliphatic heterocycles. The van der Waals surface area contributed by atoms with Crippen LogP contribution in [0.4, 0.5) is 5.69 Å². The number of carbonyl (C=O) groups is 1. The predicted octanol–water partition coefficient (Wildman–Crippen LogP) is 0.543. The maximum Gasteiger partial charge on any atom is 0.244 e. The monoisotopic (exact) mass is 350 g/mol. The van der Waals surface area contributed by atoms with Crippen molar-refractivity contribution in [1.82, 2.24) is 13.9 Å². The fourth-order valence-corrected chi connectivity index (χ4v) is 3.87. The van der Waals surface area contributed by atoms with Gasteiger partial charge in [0, 0.05) is 31.2 Å². The van der Waals surface area contributed by atoms with E-state index in [1.165, 1.54) is 16.4 Å². The third-order valence-corrected chi connectivity index (χ3v) is 5.51. The molecule has 2 aromatic rings. The van der Waals surface area contributed by atoms with Crippen LogP contribution in [0.15, 0.2) is 47.9 Å². The summed E-state index contributed by atoms with van der Waals surface area (Å²) >= 11 is 0. The molecule has 0 bridgehead atoms. The van der Waals surface area contributed by atoms with Gasteiger partial charge in [-0.3, -0.25) is 4.79 Å². The molecule has 0 atom stereocenters. The summed E-state index contributed by atoms with van der Waals surface area (Å²) < 4.78 is 33.5. The number of hydrogen-bond acceptors (Lipinski definition) is 5. The predicted molar refractivity (Wildman–Crippen MR) is 86.9 cm³/mol. The summed E-state index contributed by atoms with van der Waals surface area (Å²) in [4.78, 5) is 16.0. The lowest BCUT2D eigenvalue weighted by molar-refractivity contribution is -0.116. The van der Waals surface area contributed by atoms with Crippen molar-refractivity contribution in [3.8, 4) is 0 Å². The van der Waals surface area contributed by atoms with E-state index in [-0.39, 0.29) is 17.3 Å². The third kappa shape index (κ3) is 3.81. The van der Waals surface area contributed by atoms with Gasteiger partial charge in [-0.2, -0.15) is 4.31 Å². The van der Waals surface area contributed by atoms with Gasteiger partial charge >= 0.3 is 0 Å². The number of morpholine rings is 1. The Hall–Kier alpha value is -2.23. The number of imidazole rings is 1. The molecule has 1 aliphatic rings. The normalized spacial score (nSPS) is 16.0. The van der Waals surface area contributed by atoms with Gasteiger partial charge < -0.3 is 14.6 Å². The van der Waals surface area contributed by atoms with Crippen LogP contribution < -0.4 is 5.32 Å². The molecular formula is C15H18N4O4S. The molecule has 1 N–H and O–H groups in total. The van der Waals surface area contributed by atoms with Crippen LogP contribution in [-0.4, -0.2) is 54.5 Å². The number of aromatic nitrogens is 2. The quantitative estimate of drug-likeness (QED) is 0.850. The van der Waals surface area contributed by atoms with E-state index < -0.39 is 10.0 Å². The Morgan fingerprint density at radius 1 is 1.29 bits per heavy atom. The summed E-state index contributed by atoms with van der Waals surface area (Å²) in [6, 6.07) is 6.26. The van der Waals surface area contributed by atoms with Gasteiger partial charge in [0.25, 0.3) is 0 Å². The van der Waals surface area contributed by atoms with E-state index in [1.807, 2.05) is 0 Å². The highest BCUT2D eigenvalue weighted by molar-refractivity contribution is 7.89. The Bertz CT molecular complexity index is 799. The van der Waals surface area contributed by atoms with Gasteiger partial charge in [-0.25, -0.2) is 13.4 Å². The Labute approximate surface area is 140 Å². The van der Waals surface area contributed by atoms with Crippen molar-refractivity contribution in [2.45, 2.75) is 11.4 Å². The summed E-state index contributed by atoms with van der Waals surface area (Å²) in [5.74, 6) is -0.256. The van der Waals surface area contributed by atoms with Crippen molar-refractivity contribution in [2.75, 3.05) is 31.6 Å². The molecule has 0 unspecified atom stereocenters. The number of ether oxygens (including phenoxy) is 1. The fourth-order valence-electron chi connectivity index (χ4n) is 2.42. The number of sulfonamides is 1. The number of rotatable bonds is 5. The zero-order valence-electron chi connectivity index (χ0n) is 13.0. The molecule has 128 valence electrons. The number of benzene rings is 1.